The minimum atomic E-state index is 0.854. The molecule has 0 aromatic heterocycles. The van der Waals surface area contributed by atoms with Crippen LogP contribution in [0, 0.1) is 5.92 Å². The summed E-state index contributed by atoms with van der Waals surface area (Å²) < 4.78 is 0. The smallest absolute Gasteiger partial charge is 0.00187 e. The van der Waals surface area contributed by atoms with Gasteiger partial charge >= 0.3 is 0 Å². The molecule has 18 heavy (non-hydrogen) atoms. The molecule has 102 valence electrons. The van der Waals surface area contributed by atoms with Gasteiger partial charge in [-0.2, -0.15) is 0 Å². The lowest BCUT2D eigenvalue weighted by Gasteiger charge is -2.21. The quantitative estimate of drug-likeness (QED) is 0.524. The zero-order valence-electron chi connectivity index (χ0n) is 12.6. The number of allylic oxidation sites excluding steroid dienone is 4. The van der Waals surface area contributed by atoms with Crippen LogP contribution in [0.5, 0.6) is 0 Å². The van der Waals surface area contributed by atoms with Gasteiger partial charge in [0, 0.05) is 5.92 Å². The first kappa shape index (κ1) is 13.9. The van der Waals surface area contributed by atoms with Crippen LogP contribution in [0.3, 0.4) is 0 Å². The summed E-state index contributed by atoms with van der Waals surface area (Å²) >= 11 is 0. The maximum absolute atomic E-state index is 2.35. The lowest BCUT2D eigenvalue weighted by molar-refractivity contribution is 0.558. The van der Waals surface area contributed by atoms with E-state index in [9.17, 15) is 0 Å². The highest BCUT2D eigenvalue weighted by molar-refractivity contribution is 5.50. The lowest BCUT2D eigenvalue weighted by atomic mass is 9.83. The normalized spacial score (nSPS) is 23.8. The van der Waals surface area contributed by atoms with Crippen LogP contribution in [0.1, 0.15) is 85.0 Å². The third-order valence-electron chi connectivity index (χ3n) is 4.70. The van der Waals surface area contributed by atoms with E-state index >= 15 is 0 Å². The standard InChI is InChI=1S/C18H30/c1-4-9-14-15(10-5-2)17-12-7-8-13-18(17)16(14)11-6-3/h15H,4-13H2,1-3H3. The maximum atomic E-state index is 2.35. The number of hydrogen-bond acceptors (Lipinski definition) is 0. The molecular weight excluding hydrogens is 216 g/mol. The van der Waals surface area contributed by atoms with E-state index in [4.69, 9.17) is 0 Å². The van der Waals surface area contributed by atoms with Gasteiger partial charge in [-0.15, -0.1) is 0 Å². The molecule has 0 heteroatoms. The molecule has 0 aromatic carbocycles. The topological polar surface area (TPSA) is 0 Å². The monoisotopic (exact) mass is 246 g/mol. The molecule has 0 radical (unpaired) electrons. The predicted molar refractivity (Wildman–Crippen MR) is 80.7 cm³/mol. The highest BCUT2D eigenvalue weighted by Crippen LogP contribution is 2.49. The van der Waals surface area contributed by atoms with Crippen LogP contribution < -0.4 is 0 Å². The van der Waals surface area contributed by atoms with Crippen molar-refractivity contribution >= 4 is 0 Å². The first-order valence-corrected chi connectivity index (χ1v) is 8.27. The van der Waals surface area contributed by atoms with Crippen LogP contribution in [0.2, 0.25) is 0 Å². The molecule has 0 aromatic rings. The molecule has 0 heterocycles. The Balaban J connectivity index is 2.32. The summed E-state index contributed by atoms with van der Waals surface area (Å²) in [5.74, 6) is 0.854. The van der Waals surface area contributed by atoms with Gasteiger partial charge in [0.1, 0.15) is 0 Å². The Bertz CT molecular complexity index is 343. The summed E-state index contributed by atoms with van der Waals surface area (Å²) in [6, 6.07) is 0. The van der Waals surface area contributed by atoms with Crippen molar-refractivity contribution in [2.24, 2.45) is 5.92 Å². The second-order valence-electron chi connectivity index (χ2n) is 6.06. The van der Waals surface area contributed by atoms with Gasteiger partial charge in [-0.1, -0.05) is 51.2 Å². The molecule has 0 fully saturated rings. The summed E-state index contributed by atoms with van der Waals surface area (Å²) in [6.07, 6.45) is 13.7. The van der Waals surface area contributed by atoms with E-state index < -0.39 is 0 Å². The number of rotatable bonds is 6. The molecule has 2 aliphatic carbocycles. The van der Waals surface area contributed by atoms with E-state index in [1.54, 1.807) is 0 Å². The number of hydrogen-bond donors (Lipinski definition) is 0. The van der Waals surface area contributed by atoms with Gasteiger partial charge < -0.3 is 0 Å². The maximum Gasteiger partial charge on any atom is 0.00187 e. The van der Waals surface area contributed by atoms with Gasteiger partial charge in [0.05, 0.1) is 0 Å². The summed E-state index contributed by atoms with van der Waals surface area (Å²) in [5, 5.41) is 0. The van der Waals surface area contributed by atoms with Crippen molar-refractivity contribution in [3.8, 4) is 0 Å². The fourth-order valence-electron chi connectivity index (χ4n) is 4.07. The third kappa shape index (κ3) is 2.58. The lowest BCUT2D eigenvalue weighted by Crippen LogP contribution is -2.07. The Morgan fingerprint density at radius 2 is 1.61 bits per heavy atom. The van der Waals surface area contributed by atoms with Gasteiger partial charge in [-0.05, 0) is 56.1 Å². The molecule has 0 bridgehead atoms. The van der Waals surface area contributed by atoms with Crippen molar-refractivity contribution in [2.45, 2.75) is 85.0 Å². The first-order chi connectivity index (χ1) is 8.83. The fourth-order valence-corrected chi connectivity index (χ4v) is 4.07. The van der Waals surface area contributed by atoms with Gasteiger partial charge in [0.25, 0.3) is 0 Å². The average molecular weight is 246 g/mol. The van der Waals surface area contributed by atoms with Crippen LogP contribution in [-0.2, 0) is 0 Å². The van der Waals surface area contributed by atoms with Crippen LogP contribution in [0.4, 0.5) is 0 Å². The van der Waals surface area contributed by atoms with E-state index in [0.717, 1.165) is 5.92 Å². The van der Waals surface area contributed by atoms with Gasteiger partial charge in [0.15, 0.2) is 0 Å². The Kier molecular flexibility index (Phi) is 5.09. The third-order valence-corrected chi connectivity index (χ3v) is 4.70. The molecule has 0 N–H and O–H groups in total. The van der Waals surface area contributed by atoms with E-state index in [0.29, 0.717) is 0 Å². The Labute approximate surface area is 114 Å². The van der Waals surface area contributed by atoms with Crippen molar-refractivity contribution in [3.63, 3.8) is 0 Å². The summed E-state index contributed by atoms with van der Waals surface area (Å²) in [6.45, 7) is 7.04. The zero-order valence-corrected chi connectivity index (χ0v) is 12.6. The van der Waals surface area contributed by atoms with Crippen LogP contribution in [-0.4, -0.2) is 0 Å². The van der Waals surface area contributed by atoms with Gasteiger partial charge in [-0.25, -0.2) is 0 Å². The van der Waals surface area contributed by atoms with Crippen molar-refractivity contribution in [2.75, 3.05) is 0 Å². The highest BCUT2D eigenvalue weighted by Gasteiger charge is 2.32. The van der Waals surface area contributed by atoms with Crippen LogP contribution in [0.25, 0.3) is 0 Å². The highest BCUT2D eigenvalue weighted by atomic mass is 14.4. The minimum Gasteiger partial charge on any atom is -0.0653 e. The predicted octanol–water partition coefficient (Wildman–Crippen LogP) is 6.18. The van der Waals surface area contributed by atoms with E-state index in [1.807, 2.05) is 22.3 Å². The average Bonchev–Trinajstić information content (AvgIpc) is 2.67. The van der Waals surface area contributed by atoms with Gasteiger partial charge in [0.2, 0.25) is 0 Å². The molecule has 0 amide bonds. The Hall–Kier alpha value is -0.520. The molecule has 1 atom stereocenters. The summed E-state index contributed by atoms with van der Waals surface area (Å²) in [7, 11) is 0. The van der Waals surface area contributed by atoms with E-state index in [1.165, 1.54) is 64.2 Å². The van der Waals surface area contributed by atoms with Crippen molar-refractivity contribution in [3.05, 3.63) is 22.3 Å². The molecular formula is C18H30. The van der Waals surface area contributed by atoms with Crippen molar-refractivity contribution in [1.82, 2.24) is 0 Å². The van der Waals surface area contributed by atoms with Crippen LogP contribution >= 0.6 is 0 Å². The van der Waals surface area contributed by atoms with Crippen molar-refractivity contribution < 1.29 is 0 Å². The zero-order chi connectivity index (χ0) is 13.0. The van der Waals surface area contributed by atoms with E-state index in [2.05, 4.69) is 20.8 Å². The second-order valence-corrected chi connectivity index (χ2v) is 6.06. The first-order valence-electron chi connectivity index (χ1n) is 8.27. The SMILES string of the molecule is CCCC1=C(CCC)C(CCC)C2=C1CCCC2. The molecule has 0 nitrogen and oxygen atoms in total. The van der Waals surface area contributed by atoms with Crippen molar-refractivity contribution in [1.29, 1.82) is 0 Å². The Morgan fingerprint density at radius 1 is 0.889 bits per heavy atom. The minimum absolute atomic E-state index is 0.854. The van der Waals surface area contributed by atoms with Crippen LogP contribution in [0.15, 0.2) is 22.3 Å². The molecule has 0 aliphatic heterocycles. The summed E-state index contributed by atoms with van der Waals surface area (Å²) in [5.41, 5.74) is 7.36. The second kappa shape index (κ2) is 6.59. The fraction of sp³-hybridized carbons (Fsp3) is 0.778. The largest absolute Gasteiger partial charge is 0.0653 e. The molecule has 0 spiro atoms. The van der Waals surface area contributed by atoms with Gasteiger partial charge in [-0.3, -0.25) is 0 Å². The molecule has 0 saturated carbocycles. The molecule has 2 rings (SSSR count). The molecule has 2 aliphatic rings. The van der Waals surface area contributed by atoms with E-state index in [-0.39, 0.29) is 0 Å². The Morgan fingerprint density at radius 3 is 2.28 bits per heavy atom. The molecule has 0 saturated heterocycles. The molecule has 1 unspecified atom stereocenters. The summed E-state index contributed by atoms with van der Waals surface area (Å²) in [4.78, 5) is 0.